The molecule has 0 saturated carbocycles. The molecule has 15 heavy (non-hydrogen) atoms. The first-order valence-corrected chi connectivity index (χ1v) is 5.63. The van der Waals surface area contributed by atoms with E-state index in [0.717, 1.165) is 39.5 Å². The molecular weight excluding hydrogens is 196 g/mol. The zero-order chi connectivity index (χ0) is 10.3. The number of nitrogens with one attached hydrogen (secondary N) is 1. The van der Waals surface area contributed by atoms with Crippen molar-refractivity contribution in [3.8, 4) is 0 Å². The van der Waals surface area contributed by atoms with E-state index in [9.17, 15) is 0 Å². The Labute approximate surface area is 89.7 Å². The lowest BCUT2D eigenvalue weighted by atomic mass is 10.1. The first-order chi connectivity index (χ1) is 7.30. The molecule has 4 aliphatic rings. The van der Waals surface area contributed by atoms with Crippen LogP contribution in [0.4, 0.5) is 0 Å². The number of fused-ring (bicyclic) bond motifs is 3. The zero-order valence-corrected chi connectivity index (χ0v) is 9.07. The van der Waals surface area contributed by atoms with Crippen LogP contribution in [0.5, 0.6) is 0 Å². The van der Waals surface area contributed by atoms with Gasteiger partial charge in [0.25, 0.3) is 0 Å². The van der Waals surface area contributed by atoms with E-state index in [2.05, 4.69) is 17.3 Å². The number of piperazine rings is 1. The molecule has 0 spiro atoms. The van der Waals surface area contributed by atoms with Crippen molar-refractivity contribution < 1.29 is 14.2 Å². The smallest absolute Gasteiger partial charge is 0.300 e. The Kier molecular flexibility index (Phi) is 2.45. The summed E-state index contributed by atoms with van der Waals surface area (Å²) in [6, 6.07) is 0.160. The molecule has 1 N–H and O–H groups in total. The average molecular weight is 214 g/mol. The maximum atomic E-state index is 5.75. The van der Waals surface area contributed by atoms with E-state index in [1.54, 1.807) is 0 Å². The van der Waals surface area contributed by atoms with Gasteiger partial charge in [-0.2, -0.15) is 0 Å². The molecule has 0 aromatic rings. The largest absolute Gasteiger partial charge is 0.326 e. The number of rotatable bonds is 1. The lowest BCUT2D eigenvalue weighted by Gasteiger charge is -2.52. The number of hydrogen-bond donors (Lipinski definition) is 1. The maximum Gasteiger partial charge on any atom is 0.300 e. The number of likely N-dealkylation sites (N-methyl/N-ethyl adjacent to an activating group) is 1. The van der Waals surface area contributed by atoms with Gasteiger partial charge in [0.05, 0.1) is 19.8 Å². The van der Waals surface area contributed by atoms with Crippen LogP contribution < -0.4 is 5.32 Å². The summed E-state index contributed by atoms with van der Waals surface area (Å²) in [5.41, 5.74) is 0. The molecule has 2 bridgehead atoms. The van der Waals surface area contributed by atoms with Crippen molar-refractivity contribution in [2.75, 3.05) is 46.5 Å². The van der Waals surface area contributed by atoms with Crippen LogP contribution in [-0.2, 0) is 14.2 Å². The average Bonchev–Trinajstić information content (AvgIpc) is 2.32. The monoisotopic (exact) mass is 214 g/mol. The standard InChI is InChI=1S/C10H18N2O3/c1-12-3-2-11-4-9(12)10-13-5-8(6-14-10)7-15-10/h8-9,11H,2-7H2,1H3. The van der Waals surface area contributed by atoms with E-state index in [-0.39, 0.29) is 6.04 Å². The first kappa shape index (κ1) is 9.99. The number of ether oxygens (including phenoxy) is 3. The summed E-state index contributed by atoms with van der Waals surface area (Å²) in [6.45, 7) is 5.19. The summed E-state index contributed by atoms with van der Waals surface area (Å²) >= 11 is 0. The van der Waals surface area contributed by atoms with Gasteiger partial charge >= 0.3 is 5.97 Å². The van der Waals surface area contributed by atoms with Crippen molar-refractivity contribution in [2.24, 2.45) is 5.92 Å². The second-order valence-electron chi connectivity index (χ2n) is 4.60. The number of hydrogen-bond acceptors (Lipinski definition) is 5. The van der Waals surface area contributed by atoms with Crippen LogP contribution in [-0.4, -0.2) is 63.4 Å². The fourth-order valence-corrected chi connectivity index (χ4v) is 2.46. The van der Waals surface area contributed by atoms with Crippen LogP contribution in [0.1, 0.15) is 0 Å². The highest BCUT2D eigenvalue weighted by atomic mass is 16.9. The molecule has 0 amide bonds. The van der Waals surface area contributed by atoms with E-state index in [4.69, 9.17) is 14.2 Å². The van der Waals surface area contributed by atoms with E-state index in [1.807, 2.05) is 0 Å². The van der Waals surface area contributed by atoms with Crippen molar-refractivity contribution >= 4 is 0 Å². The summed E-state index contributed by atoms with van der Waals surface area (Å²) in [4.78, 5) is 2.25. The Morgan fingerprint density at radius 3 is 2.47 bits per heavy atom. The third-order valence-electron chi connectivity index (χ3n) is 3.48. The molecule has 4 heterocycles. The van der Waals surface area contributed by atoms with Crippen LogP contribution in [0, 0.1) is 5.92 Å². The third kappa shape index (κ3) is 1.59. The van der Waals surface area contributed by atoms with Crippen LogP contribution in [0.25, 0.3) is 0 Å². The third-order valence-corrected chi connectivity index (χ3v) is 3.48. The Morgan fingerprint density at radius 2 is 1.87 bits per heavy atom. The molecule has 0 radical (unpaired) electrons. The fraction of sp³-hybridized carbons (Fsp3) is 1.00. The molecule has 0 aromatic carbocycles. The van der Waals surface area contributed by atoms with Gasteiger partial charge in [0, 0.05) is 25.6 Å². The van der Waals surface area contributed by atoms with Gasteiger partial charge in [0.1, 0.15) is 6.04 Å². The zero-order valence-electron chi connectivity index (χ0n) is 9.07. The first-order valence-electron chi connectivity index (χ1n) is 5.63. The quantitative estimate of drug-likeness (QED) is 0.621. The van der Waals surface area contributed by atoms with Crippen molar-refractivity contribution in [2.45, 2.75) is 12.0 Å². The van der Waals surface area contributed by atoms with Gasteiger partial charge in [-0.15, -0.1) is 0 Å². The van der Waals surface area contributed by atoms with Crippen molar-refractivity contribution in [3.05, 3.63) is 0 Å². The summed E-state index contributed by atoms with van der Waals surface area (Å²) in [5, 5.41) is 3.36. The molecule has 4 aliphatic heterocycles. The predicted octanol–water partition coefficient (Wildman–Crippen LogP) is -0.763. The number of nitrogens with zero attached hydrogens (tertiary/aromatic N) is 1. The molecule has 5 heteroatoms. The Morgan fingerprint density at radius 1 is 1.20 bits per heavy atom. The van der Waals surface area contributed by atoms with Crippen molar-refractivity contribution in [1.82, 2.24) is 10.2 Å². The van der Waals surface area contributed by atoms with E-state index in [0.29, 0.717) is 5.92 Å². The normalized spacial score (nSPS) is 47.0. The van der Waals surface area contributed by atoms with Crippen molar-refractivity contribution in [1.29, 1.82) is 0 Å². The molecule has 0 aliphatic carbocycles. The summed E-state index contributed by atoms with van der Waals surface area (Å²) in [5.74, 6) is -0.384. The lowest BCUT2D eigenvalue weighted by Crippen LogP contribution is -2.68. The Hall–Kier alpha value is -0.200. The predicted molar refractivity (Wildman–Crippen MR) is 53.4 cm³/mol. The minimum atomic E-state index is -0.809. The maximum absolute atomic E-state index is 5.75. The minimum absolute atomic E-state index is 0.160. The van der Waals surface area contributed by atoms with Gasteiger partial charge in [-0.05, 0) is 7.05 Å². The second-order valence-corrected chi connectivity index (χ2v) is 4.60. The van der Waals surface area contributed by atoms with Gasteiger partial charge in [-0.25, -0.2) is 0 Å². The van der Waals surface area contributed by atoms with Gasteiger partial charge in [-0.3, -0.25) is 4.90 Å². The highest BCUT2D eigenvalue weighted by molar-refractivity contribution is 4.90. The SMILES string of the molecule is CN1CCNCC1C12OCC(CO1)CO2. The van der Waals surface area contributed by atoms with Gasteiger partial charge < -0.3 is 19.5 Å². The molecule has 1 atom stereocenters. The lowest BCUT2D eigenvalue weighted by molar-refractivity contribution is -0.464. The summed E-state index contributed by atoms with van der Waals surface area (Å²) in [7, 11) is 2.09. The molecule has 1 unspecified atom stereocenters. The van der Waals surface area contributed by atoms with E-state index in [1.165, 1.54) is 0 Å². The van der Waals surface area contributed by atoms with E-state index < -0.39 is 5.97 Å². The summed E-state index contributed by atoms with van der Waals surface area (Å²) in [6.07, 6.45) is 0. The van der Waals surface area contributed by atoms with Gasteiger partial charge in [-0.1, -0.05) is 0 Å². The molecule has 4 fully saturated rings. The fourth-order valence-electron chi connectivity index (χ4n) is 2.46. The Bertz CT molecular complexity index is 227. The van der Waals surface area contributed by atoms with Crippen LogP contribution >= 0.6 is 0 Å². The molecular formula is C10H18N2O3. The molecule has 4 rings (SSSR count). The van der Waals surface area contributed by atoms with Crippen LogP contribution in [0.3, 0.4) is 0 Å². The Balaban J connectivity index is 1.78. The van der Waals surface area contributed by atoms with Gasteiger partial charge in [0.15, 0.2) is 0 Å². The highest BCUT2D eigenvalue weighted by Crippen LogP contribution is 2.35. The molecule has 0 aromatic heterocycles. The molecule has 5 nitrogen and oxygen atoms in total. The van der Waals surface area contributed by atoms with Crippen molar-refractivity contribution in [3.63, 3.8) is 0 Å². The minimum Gasteiger partial charge on any atom is -0.326 e. The second kappa shape index (κ2) is 3.68. The summed E-state index contributed by atoms with van der Waals surface area (Å²) < 4.78 is 17.2. The van der Waals surface area contributed by atoms with E-state index >= 15 is 0 Å². The topological polar surface area (TPSA) is 43.0 Å². The molecule has 86 valence electrons. The van der Waals surface area contributed by atoms with Gasteiger partial charge in [0.2, 0.25) is 0 Å². The highest BCUT2D eigenvalue weighted by Gasteiger charge is 2.52. The van der Waals surface area contributed by atoms with Crippen LogP contribution in [0.15, 0.2) is 0 Å². The molecule has 4 saturated heterocycles. The van der Waals surface area contributed by atoms with Crippen LogP contribution in [0.2, 0.25) is 0 Å².